The standard InChI is InChI=1S/C21H22N2O4S/c1-14(24)22-7-9-23(10-8-22)21(25)13-28-16-4-6-20-18(12-16)17-11-15(26-2)3-5-19(17)27-20/h3-6,11-12H,7-10,13H2,1-2H3. The van der Waals surface area contributed by atoms with E-state index in [1.807, 2.05) is 35.2 Å². The first-order chi connectivity index (χ1) is 13.5. The first-order valence-electron chi connectivity index (χ1n) is 9.21. The van der Waals surface area contributed by atoms with Crippen molar-refractivity contribution in [2.24, 2.45) is 0 Å². The molecule has 1 aliphatic heterocycles. The quantitative estimate of drug-likeness (QED) is 0.631. The van der Waals surface area contributed by atoms with Gasteiger partial charge in [-0.2, -0.15) is 0 Å². The van der Waals surface area contributed by atoms with E-state index < -0.39 is 0 Å². The smallest absolute Gasteiger partial charge is 0.233 e. The van der Waals surface area contributed by atoms with Gasteiger partial charge in [0.25, 0.3) is 0 Å². The van der Waals surface area contributed by atoms with E-state index in [1.54, 1.807) is 18.9 Å². The Hall–Kier alpha value is -2.67. The van der Waals surface area contributed by atoms with Gasteiger partial charge >= 0.3 is 0 Å². The highest BCUT2D eigenvalue weighted by molar-refractivity contribution is 8.00. The predicted octanol–water partition coefficient (Wildman–Crippen LogP) is 3.38. The Balaban J connectivity index is 1.45. The Morgan fingerprint density at radius 3 is 2.32 bits per heavy atom. The number of rotatable bonds is 4. The van der Waals surface area contributed by atoms with Crippen LogP contribution in [0.3, 0.4) is 0 Å². The fraction of sp³-hybridized carbons (Fsp3) is 0.333. The maximum Gasteiger partial charge on any atom is 0.233 e. The molecule has 7 heteroatoms. The normalized spacial score (nSPS) is 14.6. The first kappa shape index (κ1) is 18.7. The van der Waals surface area contributed by atoms with Gasteiger partial charge in [-0.05, 0) is 36.4 Å². The molecule has 4 rings (SSSR count). The molecule has 0 spiro atoms. The topological polar surface area (TPSA) is 63.0 Å². The second kappa shape index (κ2) is 7.75. The monoisotopic (exact) mass is 398 g/mol. The van der Waals surface area contributed by atoms with Crippen LogP contribution in [-0.4, -0.2) is 60.7 Å². The minimum atomic E-state index is 0.0683. The largest absolute Gasteiger partial charge is 0.497 e. The summed E-state index contributed by atoms with van der Waals surface area (Å²) in [7, 11) is 1.65. The van der Waals surface area contributed by atoms with Crippen LogP contribution in [0.15, 0.2) is 45.7 Å². The SMILES string of the molecule is COc1ccc2oc3ccc(SCC(=O)N4CCN(C(C)=O)CC4)cc3c2c1. The van der Waals surface area contributed by atoms with Gasteiger partial charge in [0.05, 0.1) is 12.9 Å². The molecule has 6 nitrogen and oxygen atoms in total. The highest BCUT2D eigenvalue weighted by Gasteiger charge is 2.22. The van der Waals surface area contributed by atoms with Crippen molar-refractivity contribution in [2.75, 3.05) is 39.0 Å². The molecule has 1 saturated heterocycles. The van der Waals surface area contributed by atoms with Gasteiger partial charge < -0.3 is 19.0 Å². The van der Waals surface area contributed by atoms with Crippen LogP contribution in [0.1, 0.15) is 6.92 Å². The van der Waals surface area contributed by atoms with Gasteiger partial charge in [-0.1, -0.05) is 0 Å². The summed E-state index contributed by atoms with van der Waals surface area (Å²) in [5.41, 5.74) is 1.64. The Kier molecular flexibility index (Phi) is 5.17. The van der Waals surface area contributed by atoms with Crippen LogP contribution in [-0.2, 0) is 9.59 Å². The number of nitrogens with zero attached hydrogens (tertiary/aromatic N) is 2. The maximum atomic E-state index is 12.5. The van der Waals surface area contributed by atoms with E-state index in [4.69, 9.17) is 9.15 Å². The minimum absolute atomic E-state index is 0.0683. The van der Waals surface area contributed by atoms with Gasteiger partial charge in [0, 0.05) is 48.8 Å². The van der Waals surface area contributed by atoms with Crippen molar-refractivity contribution in [3.8, 4) is 5.75 Å². The van der Waals surface area contributed by atoms with Crippen LogP contribution in [0.5, 0.6) is 5.75 Å². The summed E-state index contributed by atoms with van der Waals surface area (Å²) in [6, 6.07) is 11.7. The summed E-state index contributed by atoms with van der Waals surface area (Å²) in [5, 5.41) is 2.02. The van der Waals surface area contributed by atoms with Crippen LogP contribution >= 0.6 is 11.8 Å². The second-order valence-electron chi connectivity index (χ2n) is 6.80. The molecule has 0 atom stereocenters. The number of carbonyl (C=O) groups is 2. The summed E-state index contributed by atoms with van der Waals surface area (Å²) in [6.07, 6.45) is 0. The van der Waals surface area contributed by atoms with E-state index in [1.165, 1.54) is 11.8 Å². The van der Waals surface area contributed by atoms with E-state index in [0.29, 0.717) is 31.9 Å². The van der Waals surface area contributed by atoms with Crippen molar-refractivity contribution in [3.05, 3.63) is 36.4 Å². The van der Waals surface area contributed by atoms with E-state index in [0.717, 1.165) is 32.6 Å². The molecule has 0 radical (unpaired) electrons. The molecule has 0 unspecified atom stereocenters. The van der Waals surface area contributed by atoms with Crippen LogP contribution in [0.4, 0.5) is 0 Å². The Morgan fingerprint density at radius 1 is 1.00 bits per heavy atom. The molecule has 1 aromatic heterocycles. The Bertz CT molecular complexity index is 1040. The average Bonchev–Trinajstić information content (AvgIpc) is 3.09. The molecule has 0 N–H and O–H groups in total. The van der Waals surface area contributed by atoms with Crippen molar-refractivity contribution in [1.29, 1.82) is 0 Å². The summed E-state index contributed by atoms with van der Waals surface area (Å²) in [6.45, 7) is 3.99. The van der Waals surface area contributed by atoms with E-state index in [9.17, 15) is 9.59 Å². The number of benzene rings is 2. The molecule has 0 bridgehead atoms. The number of fused-ring (bicyclic) bond motifs is 3. The van der Waals surface area contributed by atoms with E-state index in [2.05, 4.69) is 6.07 Å². The average molecular weight is 398 g/mol. The number of hydrogen-bond acceptors (Lipinski definition) is 5. The molecule has 0 aliphatic carbocycles. The molecule has 1 fully saturated rings. The van der Waals surface area contributed by atoms with Crippen molar-refractivity contribution in [3.63, 3.8) is 0 Å². The van der Waals surface area contributed by atoms with Gasteiger partial charge in [0.15, 0.2) is 0 Å². The highest BCUT2D eigenvalue weighted by atomic mass is 32.2. The molecular weight excluding hydrogens is 376 g/mol. The number of hydrogen-bond donors (Lipinski definition) is 0. The zero-order valence-corrected chi connectivity index (χ0v) is 16.8. The van der Waals surface area contributed by atoms with Gasteiger partial charge in [0.1, 0.15) is 16.9 Å². The number of ether oxygens (including phenoxy) is 1. The van der Waals surface area contributed by atoms with Crippen LogP contribution in [0.2, 0.25) is 0 Å². The molecule has 3 aromatic rings. The van der Waals surface area contributed by atoms with Gasteiger partial charge in [-0.25, -0.2) is 0 Å². The number of piperazine rings is 1. The lowest BCUT2D eigenvalue weighted by atomic mass is 10.1. The lowest BCUT2D eigenvalue weighted by Crippen LogP contribution is -2.50. The summed E-state index contributed by atoms with van der Waals surface area (Å²) in [5.74, 6) is 1.34. The van der Waals surface area contributed by atoms with Gasteiger partial charge in [-0.3, -0.25) is 9.59 Å². The van der Waals surface area contributed by atoms with Crippen LogP contribution < -0.4 is 4.74 Å². The lowest BCUT2D eigenvalue weighted by molar-refractivity contribution is -0.136. The third-order valence-corrected chi connectivity index (χ3v) is 6.07. The summed E-state index contributed by atoms with van der Waals surface area (Å²) in [4.78, 5) is 28.6. The van der Waals surface area contributed by atoms with Crippen LogP contribution in [0.25, 0.3) is 21.9 Å². The third-order valence-electron chi connectivity index (χ3n) is 5.09. The number of carbonyl (C=O) groups excluding carboxylic acids is 2. The van der Waals surface area contributed by atoms with Crippen molar-refractivity contribution >= 4 is 45.5 Å². The molecule has 2 aromatic carbocycles. The number of amides is 2. The summed E-state index contributed by atoms with van der Waals surface area (Å²) >= 11 is 1.52. The zero-order valence-electron chi connectivity index (χ0n) is 15.9. The van der Waals surface area contributed by atoms with Crippen molar-refractivity contribution in [1.82, 2.24) is 9.80 Å². The van der Waals surface area contributed by atoms with Gasteiger partial charge in [-0.15, -0.1) is 11.8 Å². The minimum Gasteiger partial charge on any atom is -0.497 e. The Labute approximate surface area is 167 Å². The van der Waals surface area contributed by atoms with Crippen molar-refractivity contribution in [2.45, 2.75) is 11.8 Å². The molecule has 28 heavy (non-hydrogen) atoms. The molecular formula is C21H22N2O4S. The predicted molar refractivity (Wildman–Crippen MR) is 110 cm³/mol. The van der Waals surface area contributed by atoms with E-state index in [-0.39, 0.29) is 11.8 Å². The molecule has 2 heterocycles. The summed E-state index contributed by atoms with van der Waals surface area (Å²) < 4.78 is 11.2. The number of furan rings is 1. The lowest BCUT2D eigenvalue weighted by Gasteiger charge is -2.34. The van der Waals surface area contributed by atoms with Crippen LogP contribution in [0, 0.1) is 0 Å². The fourth-order valence-corrected chi connectivity index (χ4v) is 4.30. The second-order valence-corrected chi connectivity index (χ2v) is 7.85. The number of thioether (sulfide) groups is 1. The molecule has 146 valence electrons. The molecule has 1 aliphatic rings. The third kappa shape index (κ3) is 3.67. The highest BCUT2D eigenvalue weighted by Crippen LogP contribution is 2.34. The van der Waals surface area contributed by atoms with Crippen molar-refractivity contribution < 1.29 is 18.7 Å². The Morgan fingerprint density at radius 2 is 1.64 bits per heavy atom. The van der Waals surface area contributed by atoms with E-state index >= 15 is 0 Å². The molecule has 0 saturated carbocycles. The first-order valence-corrected chi connectivity index (χ1v) is 10.2. The number of methoxy groups -OCH3 is 1. The maximum absolute atomic E-state index is 12.5. The molecule has 2 amide bonds. The van der Waals surface area contributed by atoms with Gasteiger partial charge in [0.2, 0.25) is 11.8 Å². The zero-order chi connectivity index (χ0) is 19.7. The fourth-order valence-electron chi connectivity index (χ4n) is 3.46.